The monoisotopic (exact) mass is 220 g/mol. The second kappa shape index (κ2) is 6.09. The molecule has 0 aromatic rings. The summed E-state index contributed by atoms with van der Waals surface area (Å²) < 4.78 is 0. The Hall–Kier alpha value is -0.480. The zero-order chi connectivity index (χ0) is 10.4. The largest absolute Gasteiger partial charge is 0.393 e. The molecule has 82 valence electrons. The predicted molar refractivity (Wildman–Crippen MR) is 55.5 cm³/mol. The van der Waals surface area contributed by atoms with Crippen LogP contribution < -0.4 is 10.6 Å². The number of carbonyl (C=O) groups excluding carboxylic acids is 1. The van der Waals surface area contributed by atoms with Crippen LogP contribution in [0.2, 0.25) is 0 Å². The predicted octanol–water partition coefficient (Wildman–Crippen LogP) is 0.828. The fraction of sp³-hybridized carbons (Fsp3) is 0.889. The molecule has 1 aliphatic rings. The summed E-state index contributed by atoms with van der Waals surface area (Å²) in [5.41, 5.74) is 0. The molecule has 0 aromatic carbocycles. The first-order chi connectivity index (χ1) is 6.72. The van der Waals surface area contributed by atoms with Crippen LogP contribution in [0.5, 0.6) is 0 Å². The van der Waals surface area contributed by atoms with E-state index >= 15 is 0 Å². The zero-order valence-electron chi connectivity index (χ0n) is 8.13. The van der Waals surface area contributed by atoms with Gasteiger partial charge < -0.3 is 15.7 Å². The molecule has 0 spiro atoms. The van der Waals surface area contributed by atoms with E-state index in [0.717, 1.165) is 19.3 Å². The van der Waals surface area contributed by atoms with Crippen LogP contribution >= 0.6 is 11.6 Å². The lowest BCUT2D eigenvalue weighted by Crippen LogP contribution is -2.45. The van der Waals surface area contributed by atoms with E-state index in [0.29, 0.717) is 18.8 Å². The highest BCUT2D eigenvalue weighted by Gasteiger charge is 2.21. The first-order valence-corrected chi connectivity index (χ1v) is 5.54. The Morgan fingerprint density at radius 2 is 2.29 bits per heavy atom. The molecule has 1 saturated carbocycles. The molecule has 2 amide bonds. The van der Waals surface area contributed by atoms with E-state index in [1.165, 1.54) is 0 Å². The molecule has 0 radical (unpaired) electrons. The summed E-state index contributed by atoms with van der Waals surface area (Å²) in [6.07, 6.45) is 3.17. The number of hydrogen-bond acceptors (Lipinski definition) is 2. The number of aliphatic hydroxyl groups is 1. The first-order valence-electron chi connectivity index (χ1n) is 5.00. The number of nitrogens with one attached hydrogen (secondary N) is 2. The van der Waals surface area contributed by atoms with Crippen molar-refractivity contribution in [1.82, 2.24) is 10.6 Å². The van der Waals surface area contributed by atoms with E-state index in [9.17, 15) is 9.90 Å². The molecule has 5 heteroatoms. The number of amides is 2. The van der Waals surface area contributed by atoms with Gasteiger partial charge in [-0.15, -0.1) is 11.6 Å². The molecule has 1 rings (SSSR count). The third-order valence-electron chi connectivity index (χ3n) is 2.36. The number of halogens is 1. The molecule has 2 atom stereocenters. The van der Waals surface area contributed by atoms with Gasteiger partial charge in [-0.1, -0.05) is 0 Å². The van der Waals surface area contributed by atoms with Crippen LogP contribution in [-0.4, -0.2) is 35.7 Å². The molecule has 14 heavy (non-hydrogen) atoms. The maximum absolute atomic E-state index is 11.2. The lowest BCUT2D eigenvalue weighted by molar-refractivity contribution is 0.113. The summed E-state index contributed by atoms with van der Waals surface area (Å²) in [5, 5.41) is 14.8. The highest BCUT2D eigenvalue weighted by Crippen LogP contribution is 2.17. The van der Waals surface area contributed by atoms with E-state index in [1.807, 2.05) is 0 Å². The molecule has 0 unspecified atom stereocenters. The summed E-state index contributed by atoms with van der Waals surface area (Å²) >= 11 is 5.43. The molecule has 0 saturated heterocycles. The Bertz CT molecular complexity index is 190. The molecule has 0 bridgehead atoms. The Morgan fingerprint density at radius 3 is 2.93 bits per heavy atom. The number of alkyl halides is 1. The Labute approximate surface area is 89.0 Å². The standard InChI is InChI=1S/C9H17ClN2O2/c10-4-5-11-9(14)12-7-2-1-3-8(13)6-7/h7-8,13H,1-6H2,(H2,11,12,14)/t7-,8+/m1/s1. The number of aliphatic hydroxyl groups excluding tert-OH is 1. The third kappa shape index (κ3) is 4.15. The molecule has 0 heterocycles. The fourth-order valence-electron chi connectivity index (χ4n) is 1.69. The van der Waals surface area contributed by atoms with Gasteiger partial charge in [0.05, 0.1) is 6.10 Å². The van der Waals surface area contributed by atoms with Crippen LogP contribution in [-0.2, 0) is 0 Å². The van der Waals surface area contributed by atoms with Gasteiger partial charge in [0.2, 0.25) is 0 Å². The van der Waals surface area contributed by atoms with E-state index in [-0.39, 0.29) is 18.2 Å². The van der Waals surface area contributed by atoms with Crippen molar-refractivity contribution in [1.29, 1.82) is 0 Å². The van der Waals surface area contributed by atoms with E-state index in [1.54, 1.807) is 0 Å². The summed E-state index contributed by atoms with van der Waals surface area (Å²) in [6.45, 7) is 0.475. The molecule has 0 aliphatic heterocycles. The number of hydrogen-bond donors (Lipinski definition) is 3. The first kappa shape index (κ1) is 11.6. The Morgan fingerprint density at radius 1 is 1.50 bits per heavy atom. The van der Waals surface area contributed by atoms with Gasteiger partial charge in [-0.2, -0.15) is 0 Å². The average molecular weight is 221 g/mol. The van der Waals surface area contributed by atoms with Crippen LogP contribution in [0.25, 0.3) is 0 Å². The molecule has 0 aromatic heterocycles. The van der Waals surface area contributed by atoms with Crippen molar-refractivity contribution in [3.8, 4) is 0 Å². The Balaban J connectivity index is 2.18. The van der Waals surface area contributed by atoms with Crippen molar-refractivity contribution in [2.75, 3.05) is 12.4 Å². The summed E-state index contributed by atoms with van der Waals surface area (Å²) in [5.74, 6) is 0.417. The highest BCUT2D eigenvalue weighted by molar-refractivity contribution is 6.18. The number of urea groups is 1. The van der Waals surface area contributed by atoms with E-state index < -0.39 is 0 Å². The van der Waals surface area contributed by atoms with Gasteiger partial charge in [-0.05, 0) is 25.7 Å². The average Bonchev–Trinajstić information content (AvgIpc) is 2.15. The van der Waals surface area contributed by atoms with Gasteiger partial charge >= 0.3 is 6.03 Å². The number of rotatable bonds is 3. The normalized spacial score (nSPS) is 27.0. The fourth-order valence-corrected chi connectivity index (χ4v) is 1.79. The molecule has 3 N–H and O–H groups in total. The maximum Gasteiger partial charge on any atom is 0.315 e. The van der Waals surface area contributed by atoms with Crippen molar-refractivity contribution >= 4 is 17.6 Å². The van der Waals surface area contributed by atoms with Gasteiger partial charge in [0.1, 0.15) is 0 Å². The van der Waals surface area contributed by atoms with Crippen LogP contribution in [0, 0.1) is 0 Å². The molecular formula is C9H17ClN2O2. The second-order valence-corrected chi connectivity index (χ2v) is 3.98. The molecule has 1 aliphatic carbocycles. The van der Waals surface area contributed by atoms with Crippen molar-refractivity contribution in [3.63, 3.8) is 0 Å². The van der Waals surface area contributed by atoms with Crippen molar-refractivity contribution in [3.05, 3.63) is 0 Å². The third-order valence-corrected chi connectivity index (χ3v) is 2.55. The SMILES string of the molecule is O=C(NCCCl)N[C@@H]1CCC[C@H](O)C1. The van der Waals surface area contributed by atoms with Crippen LogP contribution in [0.4, 0.5) is 4.79 Å². The Kier molecular flexibility index (Phi) is 5.04. The lowest BCUT2D eigenvalue weighted by atomic mass is 9.93. The topological polar surface area (TPSA) is 61.4 Å². The smallest absolute Gasteiger partial charge is 0.315 e. The second-order valence-electron chi connectivity index (χ2n) is 3.61. The van der Waals surface area contributed by atoms with Gasteiger partial charge in [0.25, 0.3) is 0 Å². The van der Waals surface area contributed by atoms with Gasteiger partial charge in [-0.25, -0.2) is 4.79 Å². The minimum Gasteiger partial charge on any atom is -0.393 e. The minimum absolute atomic E-state index is 0.106. The van der Waals surface area contributed by atoms with E-state index in [2.05, 4.69) is 10.6 Å². The van der Waals surface area contributed by atoms with Gasteiger partial charge in [-0.3, -0.25) is 0 Å². The summed E-state index contributed by atoms with van der Waals surface area (Å²) in [7, 11) is 0. The molecule has 4 nitrogen and oxygen atoms in total. The lowest BCUT2D eigenvalue weighted by Gasteiger charge is -2.26. The van der Waals surface area contributed by atoms with Crippen LogP contribution in [0.1, 0.15) is 25.7 Å². The zero-order valence-corrected chi connectivity index (χ0v) is 8.89. The summed E-state index contributed by atoms with van der Waals surface area (Å²) in [6, 6.07) is -0.0844. The molecule has 1 fully saturated rings. The van der Waals surface area contributed by atoms with Crippen molar-refractivity contribution in [2.45, 2.75) is 37.8 Å². The minimum atomic E-state index is -0.262. The van der Waals surface area contributed by atoms with Crippen molar-refractivity contribution < 1.29 is 9.90 Å². The van der Waals surface area contributed by atoms with Gasteiger partial charge in [0.15, 0.2) is 0 Å². The van der Waals surface area contributed by atoms with Gasteiger partial charge in [0, 0.05) is 18.5 Å². The molecular weight excluding hydrogens is 204 g/mol. The maximum atomic E-state index is 11.2. The van der Waals surface area contributed by atoms with Crippen molar-refractivity contribution in [2.24, 2.45) is 0 Å². The number of carbonyl (C=O) groups is 1. The van der Waals surface area contributed by atoms with Crippen LogP contribution in [0.15, 0.2) is 0 Å². The highest BCUT2D eigenvalue weighted by atomic mass is 35.5. The summed E-state index contributed by atoms with van der Waals surface area (Å²) in [4.78, 5) is 11.2. The quantitative estimate of drug-likeness (QED) is 0.617. The van der Waals surface area contributed by atoms with Crippen LogP contribution in [0.3, 0.4) is 0 Å². The van der Waals surface area contributed by atoms with E-state index in [4.69, 9.17) is 11.6 Å².